The Bertz CT molecular complexity index is 1020. The molecule has 5 nitrogen and oxygen atoms in total. The number of hydrogen-bond acceptors (Lipinski definition) is 4. The molecule has 6 heteroatoms. The fourth-order valence-corrected chi connectivity index (χ4v) is 5.56. The number of para-hydroxylation sites is 1. The van der Waals surface area contributed by atoms with E-state index in [1.54, 1.807) is 18.3 Å². The van der Waals surface area contributed by atoms with Gasteiger partial charge in [0.05, 0.1) is 34.9 Å². The molecule has 1 aliphatic rings. The predicted octanol–water partition coefficient (Wildman–Crippen LogP) is 3.09. The minimum atomic E-state index is 0.00604. The van der Waals surface area contributed by atoms with Crippen LogP contribution in [0.2, 0.25) is 0 Å². The summed E-state index contributed by atoms with van der Waals surface area (Å²) in [5.74, 6) is 0.507. The minimum Gasteiger partial charge on any atom is -0.355 e. The number of H-pyrrole nitrogens is 1. The number of quaternary nitrogens is 1. The molecule has 1 saturated heterocycles. The first kappa shape index (κ1) is 19.0. The Kier molecular flexibility index (Phi) is 5.17. The third-order valence-corrected chi connectivity index (χ3v) is 6.96. The minimum absolute atomic E-state index is 0.00604. The number of aromatic amines is 1. The molecule has 146 valence electrons. The second-order valence-electron chi connectivity index (χ2n) is 7.84. The molecule has 3 heterocycles. The lowest BCUT2D eigenvalue weighted by Gasteiger charge is -2.28. The number of nitrogens with one attached hydrogen (secondary N) is 2. The lowest BCUT2D eigenvalue weighted by Crippen LogP contribution is -3.14. The van der Waals surface area contributed by atoms with Gasteiger partial charge in [-0.05, 0) is 51.3 Å². The number of carbonyl (C=O) groups excluding carboxylic acids is 2. The van der Waals surface area contributed by atoms with Crippen LogP contribution >= 0.6 is 11.3 Å². The van der Waals surface area contributed by atoms with E-state index in [2.05, 4.69) is 23.2 Å². The highest BCUT2D eigenvalue weighted by Crippen LogP contribution is 2.30. The maximum Gasteiger partial charge on any atom is 0.233 e. The van der Waals surface area contributed by atoms with E-state index in [1.807, 2.05) is 19.9 Å². The van der Waals surface area contributed by atoms with Crippen molar-refractivity contribution in [3.63, 3.8) is 0 Å². The monoisotopic (exact) mass is 396 g/mol. The lowest BCUT2D eigenvalue weighted by molar-refractivity contribution is -0.897. The maximum absolute atomic E-state index is 12.9. The summed E-state index contributed by atoms with van der Waals surface area (Å²) in [7, 11) is 0. The van der Waals surface area contributed by atoms with E-state index in [1.165, 1.54) is 14.6 Å². The molecule has 2 N–H and O–H groups in total. The van der Waals surface area contributed by atoms with Crippen molar-refractivity contribution in [1.82, 2.24) is 9.97 Å². The molecule has 0 radical (unpaired) electrons. The molecule has 0 amide bonds. The van der Waals surface area contributed by atoms with Crippen molar-refractivity contribution in [3.05, 3.63) is 51.8 Å². The highest BCUT2D eigenvalue weighted by atomic mass is 32.1. The van der Waals surface area contributed by atoms with E-state index in [0.29, 0.717) is 23.7 Å². The number of ketones is 2. The number of aryl methyl sites for hydroxylation is 1. The molecule has 1 aliphatic heterocycles. The Morgan fingerprint density at radius 1 is 1.29 bits per heavy atom. The van der Waals surface area contributed by atoms with Gasteiger partial charge < -0.3 is 9.88 Å². The molecule has 2 aromatic heterocycles. The Labute approximate surface area is 168 Å². The van der Waals surface area contributed by atoms with Crippen LogP contribution in [0.4, 0.5) is 0 Å². The van der Waals surface area contributed by atoms with Crippen molar-refractivity contribution >= 4 is 33.1 Å². The molecule has 3 aromatic rings. The Hall–Kier alpha value is -2.31. The van der Waals surface area contributed by atoms with Gasteiger partial charge in [-0.3, -0.25) is 9.59 Å². The van der Waals surface area contributed by atoms with E-state index in [-0.39, 0.29) is 11.6 Å². The number of likely N-dealkylation sites (tertiary alicyclic amines) is 1. The maximum atomic E-state index is 12.9. The van der Waals surface area contributed by atoms with Crippen LogP contribution in [0.3, 0.4) is 0 Å². The second-order valence-corrected chi connectivity index (χ2v) is 8.91. The first-order valence-corrected chi connectivity index (χ1v) is 10.7. The average molecular weight is 397 g/mol. The molecular formula is C22H26N3O2S+. The molecule has 2 atom stereocenters. The number of hydrogen-bond donors (Lipinski definition) is 2. The summed E-state index contributed by atoms with van der Waals surface area (Å²) in [4.78, 5) is 34.1. The molecule has 0 saturated carbocycles. The summed E-state index contributed by atoms with van der Waals surface area (Å²) >= 11 is 1.78. The van der Waals surface area contributed by atoms with Gasteiger partial charge >= 0.3 is 0 Å². The third-order valence-electron chi connectivity index (χ3n) is 5.76. The quantitative estimate of drug-likeness (QED) is 0.651. The van der Waals surface area contributed by atoms with E-state index in [9.17, 15) is 9.59 Å². The number of nitrogens with zero attached hydrogens (tertiary/aromatic N) is 1. The van der Waals surface area contributed by atoms with Crippen molar-refractivity contribution in [1.29, 1.82) is 0 Å². The zero-order valence-corrected chi connectivity index (χ0v) is 17.4. The van der Waals surface area contributed by atoms with E-state index >= 15 is 0 Å². The molecule has 1 unspecified atom stereocenters. The molecule has 28 heavy (non-hydrogen) atoms. The molecule has 0 spiro atoms. The number of aromatic nitrogens is 2. The summed E-state index contributed by atoms with van der Waals surface area (Å²) in [5, 5.41) is 1.19. The van der Waals surface area contributed by atoms with E-state index < -0.39 is 0 Å². The first-order valence-electron chi connectivity index (χ1n) is 9.86. The highest BCUT2D eigenvalue weighted by Gasteiger charge is 2.30. The Morgan fingerprint density at radius 3 is 2.79 bits per heavy atom. The molecule has 0 aliphatic carbocycles. The van der Waals surface area contributed by atoms with Gasteiger partial charge in [0.2, 0.25) is 5.78 Å². The smallest absolute Gasteiger partial charge is 0.233 e. The van der Waals surface area contributed by atoms with Gasteiger partial charge in [-0.1, -0.05) is 12.1 Å². The van der Waals surface area contributed by atoms with Gasteiger partial charge in [0.1, 0.15) is 11.6 Å². The topological polar surface area (TPSA) is 67.3 Å². The molecule has 1 aromatic carbocycles. The van der Waals surface area contributed by atoms with Gasteiger partial charge in [-0.2, -0.15) is 0 Å². The van der Waals surface area contributed by atoms with Gasteiger partial charge in [-0.15, -0.1) is 11.3 Å². The number of thiazole rings is 1. The number of rotatable bonds is 5. The van der Waals surface area contributed by atoms with Gasteiger partial charge in [0.15, 0.2) is 5.78 Å². The Balaban J connectivity index is 1.49. The molecule has 4 rings (SSSR count). The van der Waals surface area contributed by atoms with E-state index in [0.717, 1.165) is 42.7 Å². The standard InChI is InChI=1S/C22H25N3O2S/c1-13-20(15(3)26)14(2)23-21(13)18(27)12-25-10-6-7-16(11-25)22-24-17-8-4-5-9-19(17)28-22/h4-5,8-9,16,23H,6-7,10-12H2,1-3H3/p+1/t16-/m1/s1. The number of carbonyl (C=O) groups is 2. The fourth-order valence-electron chi connectivity index (χ4n) is 4.46. The predicted molar refractivity (Wildman–Crippen MR) is 112 cm³/mol. The van der Waals surface area contributed by atoms with E-state index in [4.69, 9.17) is 4.98 Å². The summed E-state index contributed by atoms with van der Waals surface area (Å²) < 4.78 is 1.23. The first-order chi connectivity index (χ1) is 13.4. The molecule has 0 bridgehead atoms. The van der Waals surface area contributed by atoms with Crippen LogP contribution in [0.25, 0.3) is 10.2 Å². The third kappa shape index (κ3) is 3.54. The second kappa shape index (κ2) is 7.60. The number of fused-ring (bicyclic) bond motifs is 1. The lowest BCUT2D eigenvalue weighted by atomic mass is 9.98. The zero-order valence-electron chi connectivity index (χ0n) is 16.6. The van der Waals surface area contributed by atoms with Crippen LogP contribution in [0, 0.1) is 13.8 Å². The summed E-state index contributed by atoms with van der Waals surface area (Å²) in [6, 6.07) is 8.27. The van der Waals surface area contributed by atoms with Crippen molar-refractivity contribution < 1.29 is 14.5 Å². The van der Waals surface area contributed by atoms with Crippen LogP contribution in [0.5, 0.6) is 0 Å². The molecular weight excluding hydrogens is 370 g/mol. The Morgan fingerprint density at radius 2 is 2.07 bits per heavy atom. The molecule has 1 fully saturated rings. The average Bonchev–Trinajstić information content (AvgIpc) is 3.22. The number of piperidine rings is 1. The summed E-state index contributed by atoms with van der Waals surface area (Å²) in [6.07, 6.45) is 2.23. The SMILES string of the molecule is CC(=O)c1c(C)[nH]c(C(=O)C[NH+]2CCC[C@@H](c3nc4ccccc4s3)C2)c1C. The van der Waals surface area contributed by atoms with Gasteiger partial charge in [0, 0.05) is 11.3 Å². The highest BCUT2D eigenvalue weighted by molar-refractivity contribution is 7.18. The largest absolute Gasteiger partial charge is 0.355 e. The zero-order chi connectivity index (χ0) is 19.8. The fraction of sp³-hybridized carbons (Fsp3) is 0.409. The van der Waals surface area contributed by atoms with Gasteiger partial charge in [0.25, 0.3) is 0 Å². The van der Waals surface area contributed by atoms with Crippen LogP contribution in [0.15, 0.2) is 24.3 Å². The number of Topliss-reactive ketones (excluding diaryl/α,β-unsaturated/α-hetero) is 2. The van der Waals surface area contributed by atoms with Crippen molar-refractivity contribution in [3.8, 4) is 0 Å². The van der Waals surface area contributed by atoms with Gasteiger partial charge in [-0.25, -0.2) is 4.98 Å². The van der Waals surface area contributed by atoms with Crippen LogP contribution in [-0.4, -0.2) is 41.2 Å². The van der Waals surface area contributed by atoms with Crippen molar-refractivity contribution in [2.24, 2.45) is 0 Å². The normalized spacial score (nSPS) is 19.8. The van der Waals surface area contributed by atoms with Crippen LogP contribution < -0.4 is 4.90 Å². The number of benzene rings is 1. The van der Waals surface area contributed by atoms with Crippen LogP contribution in [-0.2, 0) is 0 Å². The van der Waals surface area contributed by atoms with Crippen molar-refractivity contribution in [2.45, 2.75) is 39.5 Å². The van der Waals surface area contributed by atoms with Crippen LogP contribution in [0.1, 0.15) is 62.8 Å². The summed E-state index contributed by atoms with van der Waals surface area (Å²) in [6.45, 7) is 7.67. The van der Waals surface area contributed by atoms with Crippen molar-refractivity contribution in [2.75, 3.05) is 19.6 Å². The summed E-state index contributed by atoms with van der Waals surface area (Å²) in [5.41, 5.74) is 3.89.